The highest BCUT2D eigenvalue weighted by Gasteiger charge is 2.12. The fraction of sp³-hybridized carbons (Fsp3) is 0.556. The van der Waals surface area contributed by atoms with Crippen LogP contribution in [0.5, 0.6) is 0 Å². The highest BCUT2D eigenvalue weighted by Crippen LogP contribution is 2.14. The second kappa shape index (κ2) is 12.0. The molecule has 1 rings (SSSR count). The molecule has 1 aromatic carbocycles. The molecule has 0 saturated heterocycles. The van der Waals surface area contributed by atoms with Gasteiger partial charge in [0, 0.05) is 18.7 Å². The van der Waals surface area contributed by atoms with Gasteiger partial charge in [-0.3, -0.25) is 4.79 Å². The van der Waals surface area contributed by atoms with E-state index in [2.05, 4.69) is 22.3 Å². The van der Waals surface area contributed by atoms with Crippen LogP contribution in [0, 0.1) is 0 Å². The maximum atomic E-state index is 12.0. The van der Waals surface area contributed by atoms with Gasteiger partial charge in [-0.15, -0.1) is 0 Å². The summed E-state index contributed by atoms with van der Waals surface area (Å²) < 4.78 is 26.6. The van der Waals surface area contributed by atoms with Crippen molar-refractivity contribution in [1.82, 2.24) is 10.0 Å². The second-order valence-electron chi connectivity index (χ2n) is 6.09. The standard InChI is InChI=1S/C18H29N3O3S2/c1-3-5-6-7-8-9-17(22)21-18(25)20-15-10-12-16(13-11-15)26(23,24)19-14-4-2/h10-13,19H,3-9,14H2,1-2H3,(H2,20,21,22,25). The molecule has 1 amide bonds. The van der Waals surface area contributed by atoms with Crippen molar-refractivity contribution in [2.75, 3.05) is 11.9 Å². The Hall–Kier alpha value is -1.51. The molecule has 0 aliphatic carbocycles. The van der Waals surface area contributed by atoms with Crippen LogP contribution in [0.3, 0.4) is 0 Å². The third kappa shape index (κ3) is 8.73. The van der Waals surface area contributed by atoms with Gasteiger partial charge >= 0.3 is 0 Å². The molecule has 0 fully saturated rings. The lowest BCUT2D eigenvalue weighted by Crippen LogP contribution is -2.33. The van der Waals surface area contributed by atoms with Gasteiger partial charge in [0.1, 0.15) is 0 Å². The van der Waals surface area contributed by atoms with E-state index in [0.29, 0.717) is 18.7 Å². The van der Waals surface area contributed by atoms with Crippen LogP contribution in [0.1, 0.15) is 58.8 Å². The zero-order chi connectivity index (χ0) is 19.4. The van der Waals surface area contributed by atoms with E-state index in [1.54, 1.807) is 12.1 Å². The number of anilines is 1. The van der Waals surface area contributed by atoms with E-state index in [1.807, 2.05) is 6.92 Å². The van der Waals surface area contributed by atoms with Crippen LogP contribution < -0.4 is 15.4 Å². The Morgan fingerprint density at radius 3 is 2.27 bits per heavy atom. The molecular weight excluding hydrogens is 370 g/mol. The highest BCUT2D eigenvalue weighted by atomic mass is 32.2. The summed E-state index contributed by atoms with van der Waals surface area (Å²) in [4.78, 5) is 12.0. The van der Waals surface area contributed by atoms with Crippen LogP contribution in [0.15, 0.2) is 29.2 Å². The molecule has 0 heterocycles. The predicted molar refractivity (Wildman–Crippen MR) is 110 cm³/mol. The van der Waals surface area contributed by atoms with Crippen LogP contribution in [-0.2, 0) is 14.8 Å². The van der Waals surface area contributed by atoms with Gasteiger partial charge in [-0.25, -0.2) is 13.1 Å². The van der Waals surface area contributed by atoms with Crippen molar-refractivity contribution in [3.63, 3.8) is 0 Å². The summed E-state index contributed by atoms with van der Waals surface area (Å²) in [5, 5.41) is 5.74. The van der Waals surface area contributed by atoms with E-state index in [4.69, 9.17) is 12.2 Å². The Balaban J connectivity index is 2.44. The first-order chi connectivity index (χ1) is 12.4. The lowest BCUT2D eigenvalue weighted by molar-refractivity contribution is -0.119. The number of carbonyl (C=O) groups excluding carboxylic acids is 1. The Labute approximate surface area is 162 Å². The third-order valence-corrected chi connectivity index (χ3v) is 5.41. The van der Waals surface area contributed by atoms with Crippen LogP contribution in [0.2, 0.25) is 0 Å². The lowest BCUT2D eigenvalue weighted by Gasteiger charge is -2.11. The maximum absolute atomic E-state index is 12.0. The molecule has 0 unspecified atom stereocenters. The summed E-state index contributed by atoms with van der Waals surface area (Å²) in [6.07, 6.45) is 6.59. The molecule has 0 bridgehead atoms. The molecular formula is C18H29N3O3S2. The number of hydrogen-bond donors (Lipinski definition) is 3. The molecule has 8 heteroatoms. The monoisotopic (exact) mass is 399 g/mol. The number of thiocarbonyl (C=S) groups is 1. The Morgan fingerprint density at radius 2 is 1.65 bits per heavy atom. The van der Waals surface area contributed by atoms with E-state index in [1.165, 1.54) is 25.0 Å². The molecule has 0 saturated carbocycles. The number of carbonyl (C=O) groups is 1. The van der Waals surface area contributed by atoms with Gasteiger partial charge in [-0.05, 0) is 49.3 Å². The first-order valence-corrected chi connectivity index (χ1v) is 11.0. The number of rotatable bonds is 11. The fourth-order valence-corrected chi connectivity index (χ4v) is 3.64. The SMILES string of the molecule is CCCCCCCC(=O)NC(=S)Nc1ccc(S(=O)(=O)NCCC)cc1. The zero-order valence-corrected chi connectivity index (χ0v) is 17.1. The zero-order valence-electron chi connectivity index (χ0n) is 15.5. The molecule has 26 heavy (non-hydrogen) atoms. The molecule has 0 atom stereocenters. The second-order valence-corrected chi connectivity index (χ2v) is 8.26. The van der Waals surface area contributed by atoms with Crippen molar-refractivity contribution in [3.8, 4) is 0 Å². The number of amides is 1. The van der Waals surface area contributed by atoms with Gasteiger partial charge in [-0.2, -0.15) is 0 Å². The van der Waals surface area contributed by atoms with Gasteiger partial charge in [0.2, 0.25) is 15.9 Å². The first-order valence-electron chi connectivity index (χ1n) is 9.09. The highest BCUT2D eigenvalue weighted by molar-refractivity contribution is 7.89. The van der Waals surface area contributed by atoms with Crippen LogP contribution >= 0.6 is 12.2 Å². The average Bonchev–Trinajstić information content (AvgIpc) is 2.60. The van der Waals surface area contributed by atoms with Crippen molar-refractivity contribution in [2.24, 2.45) is 0 Å². The smallest absolute Gasteiger partial charge is 0.240 e. The van der Waals surface area contributed by atoms with Gasteiger partial charge in [0.05, 0.1) is 4.90 Å². The molecule has 0 aliphatic rings. The number of benzene rings is 1. The van der Waals surface area contributed by atoms with Gasteiger partial charge in [0.25, 0.3) is 0 Å². The van der Waals surface area contributed by atoms with E-state index >= 15 is 0 Å². The van der Waals surface area contributed by atoms with E-state index < -0.39 is 10.0 Å². The number of nitrogens with one attached hydrogen (secondary N) is 3. The van der Waals surface area contributed by atoms with Gasteiger partial charge in [0.15, 0.2) is 5.11 Å². The molecule has 3 N–H and O–H groups in total. The Bertz CT molecular complexity index is 673. The minimum atomic E-state index is -3.48. The van der Waals surface area contributed by atoms with Crippen LogP contribution in [-0.4, -0.2) is 26.0 Å². The summed E-state index contributed by atoms with van der Waals surface area (Å²) in [6.45, 7) is 4.45. The Kier molecular flexibility index (Phi) is 10.4. The fourth-order valence-electron chi connectivity index (χ4n) is 2.28. The largest absolute Gasteiger partial charge is 0.332 e. The van der Waals surface area contributed by atoms with Crippen molar-refractivity contribution in [1.29, 1.82) is 0 Å². The van der Waals surface area contributed by atoms with Crippen molar-refractivity contribution in [2.45, 2.75) is 63.7 Å². The topological polar surface area (TPSA) is 87.3 Å². The van der Waals surface area contributed by atoms with Gasteiger partial charge in [-0.1, -0.05) is 39.5 Å². The van der Waals surface area contributed by atoms with Crippen LogP contribution in [0.4, 0.5) is 5.69 Å². The summed E-state index contributed by atoms with van der Waals surface area (Å²) in [6, 6.07) is 6.23. The van der Waals surface area contributed by atoms with Crippen LogP contribution in [0.25, 0.3) is 0 Å². The summed E-state index contributed by atoms with van der Waals surface area (Å²) in [5.41, 5.74) is 0.618. The van der Waals surface area contributed by atoms with Crippen molar-refractivity contribution >= 4 is 38.9 Å². The Morgan fingerprint density at radius 1 is 1.00 bits per heavy atom. The van der Waals surface area contributed by atoms with E-state index in [-0.39, 0.29) is 15.9 Å². The molecule has 0 aromatic heterocycles. The molecule has 0 spiro atoms. The maximum Gasteiger partial charge on any atom is 0.240 e. The molecule has 0 aliphatic heterocycles. The molecule has 146 valence electrons. The first kappa shape index (κ1) is 22.5. The predicted octanol–water partition coefficient (Wildman–Crippen LogP) is 3.55. The summed E-state index contributed by atoms with van der Waals surface area (Å²) >= 11 is 5.12. The molecule has 1 aromatic rings. The summed E-state index contributed by atoms with van der Waals surface area (Å²) in [7, 11) is -3.48. The van der Waals surface area contributed by atoms with E-state index in [0.717, 1.165) is 25.7 Å². The van der Waals surface area contributed by atoms with Crippen molar-refractivity contribution < 1.29 is 13.2 Å². The lowest BCUT2D eigenvalue weighted by atomic mass is 10.1. The normalized spacial score (nSPS) is 11.2. The number of sulfonamides is 1. The average molecular weight is 400 g/mol. The molecule has 0 radical (unpaired) electrons. The minimum Gasteiger partial charge on any atom is -0.332 e. The molecule has 6 nitrogen and oxygen atoms in total. The van der Waals surface area contributed by atoms with Gasteiger partial charge < -0.3 is 10.6 Å². The minimum absolute atomic E-state index is 0.109. The number of hydrogen-bond acceptors (Lipinski definition) is 4. The summed E-state index contributed by atoms with van der Waals surface area (Å²) in [5.74, 6) is -0.109. The van der Waals surface area contributed by atoms with E-state index in [9.17, 15) is 13.2 Å². The van der Waals surface area contributed by atoms with Crippen molar-refractivity contribution in [3.05, 3.63) is 24.3 Å². The quantitative estimate of drug-likeness (QED) is 0.391. The number of unbranched alkanes of at least 4 members (excludes halogenated alkanes) is 4. The third-order valence-electron chi connectivity index (χ3n) is 3.72.